The van der Waals surface area contributed by atoms with Crippen molar-refractivity contribution in [3.8, 4) is 0 Å². The fourth-order valence-electron chi connectivity index (χ4n) is 2.98. The van der Waals surface area contributed by atoms with Crippen LogP contribution in [0.15, 0.2) is 0 Å². The monoisotopic (exact) mass is 343 g/mol. The van der Waals surface area contributed by atoms with Gasteiger partial charge in [-0.2, -0.15) is 0 Å². The van der Waals surface area contributed by atoms with E-state index in [1.165, 1.54) is 6.42 Å². The number of rotatable bonds is 6. The molecule has 0 saturated carbocycles. The molecular weight excluding hydrogens is 313 g/mol. The number of ether oxygens (including phenoxy) is 1. The predicted octanol–water partition coefficient (Wildman–Crippen LogP) is 1.29. The second-order valence-electron chi connectivity index (χ2n) is 6.14. The summed E-state index contributed by atoms with van der Waals surface area (Å²) in [5, 5.41) is 2.96. The van der Waals surface area contributed by atoms with Crippen LogP contribution in [0.4, 0.5) is 0 Å². The van der Waals surface area contributed by atoms with Crippen molar-refractivity contribution in [1.82, 2.24) is 10.2 Å². The van der Waals surface area contributed by atoms with Crippen molar-refractivity contribution in [1.29, 1.82) is 0 Å². The van der Waals surface area contributed by atoms with Crippen molar-refractivity contribution in [3.05, 3.63) is 0 Å². The van der Waals surface area contributed by atoms with Gasteiger partial charge in [0, 0.05) is 32.8 Å². The summed E-state index contributed by atoms with van der Waals surface area (Å²) in [5.41, 5.74) is 5.70. The first-order valence-electron chi connectivity index (χ1n) is 7.19. The number of nitrogens with zero attached hydrogens (tertiary/aromatic N) is 1. The van der Waals surface area contributed by atoms with Gasteiger partial charge in [0.2, 0.25) is 5.91 Å². The van der Waals surface area contributed by atoms with Crippen LogP contribution in [0.1, 0.15) is 27.2 Å². The number of likely N-dealkylation sites (tertiary alicyclic amines) is 1. The average Bonchev–Trinajstić information content (AvgIpc) is 2.27. The molecule has 1 rings (SSSR count). The molecule has 0 bridgehead atoms. The Hall–Kier alpha value is -0.0700. The highest BCUT2D eigenvalue weighted by Gasteiger charge is 2.24. The van der Waals surface area contributed by atoms with E-state index in [0.717, 1.165) is 31.5 Å². The Balaban J connectivity index is 0. The number of nitrogens with two attached hydrogens (primary N) is 1. The van der Waals surface area contributed by atoms with Crippen molar-refractivity contribution in [3.63, 3.8) is 0 Å². The van der Waals surface area contributed by atoms with Gasteiger partial charge in [0.05, 0.1) is 6.61 Å². The van der Waals surface area contributed by atoms with Gasteiger partial charge in [-0.25, -0.2) is 0 Å². The van der Waals surface area contributed by atoms with E-state index in [9.17, 15) is 4.79 Å². The highest BCUT2D eigenvalue weighted by atomic mass is 35.5. The molecule has 0 spiro atoms. The SMILES string of the molecule is COCC(N)C(=O)NC(C)CN1CC(C)CC(C)C1.Cl.Cl. The van der Waals surface area contributed by atoms with Gasteiger partial charge in [-0.05, 0) is 25.2 Å². The molecule has 21 heavy (non-hydrogen) atoms. The van der Waals surface area contributed by atoms with E-state index in [0.29, 0.717) is 0 Å². The van der Waals surface area contributed by atoms with E-state index in [4.69, 9.17) is 10.5 Å². The third-order valence-electron chi connectivity index (χ3n) is 3.55. The first-order chi connectivity index (χ1) is 8.92. The van der Waals surface area contributed by atoms with Gasteiger partial charge in [-0.3, -0.25) is 4.79 Å². The van der Waals surface area contributed by atoms with Crippen LogP contribution in [-0.4, -0.2) is 56.2 Å². The normalized spacial score (nSPS) is 25.2. The van der Waals surface area contributed by atoms with Crippen molar-refractivity contribution in [2.75, 3.05) is 33.4 Å². The van der Waals surface area contributed by atoms with Crippen molar-refractivity contribution < 1.29 is 9.53 Å². The number of carbonyl (C=O) groups is 1. The zero-order chi connectivity index (χ0) is 14.4. The van der Waals surface area contributed by atoms with Crippen LogP contribution in [-0.2, 0) is 9.53 Å². The quantitative estimate of drug-likeness (QED) is 0.762. The van der Waals surface area contributed by atoms with Crippen molar-refractivity contribution in [2.45, 2.75) is 39.3 Å². The Bertz CT molecular complexity index is 285. The second-order valence-corrected chi connectivity index (χ2v) is 6.14. The van der Waals surface area contributed by atoms with Crippen LogP contribution in [0.5, 0.6) is 0 Å². The molecule has 5 nitrogen and oxygen atoms in total. The van der Waals surface area contributed by atoms with Crippen LogP contribution in [0.25, 0.3) is 0 Å². The number of amides is 1. The van der Waals surface area contributed by atoms with Crippen LogP contribution in [0.2, 0.25) is 0 Å². The van der Waals surface area contributed by atoms with E-state index < -0.39 is 6.04 Å². The first-order valence-corrected chi connectivity index (χ1v) is 7.19. The maximum absolute atomic E-state index is 11.8. The van der Waals surface area contributed by atoms with E-state index in [1.807, 2.05) is 6.92 Å². The lowest BCUT2D eigenvalue weighted by molar-refractivity contribution is -0.124. The summed E-state index contributed by atoms with van der Waals surface area (Å²) in [4.78, 5) is 14.2. The predicted molar refractivity (Wildman–Crippen MR) is 91.3 cm³/mol. The summed E-state index contributed by atoms with van der Waals surface area (Å²) in [5.74, 6) is 1.34. The molecule has 1 amide bonds. The number of nitrogens with one attached hydrogen (secondary N) is 1. The van der Waals surface area contributed by atoms with Crippen LogP contribution >= 0.6 is 24.8 Å². The average molecular weight is 344 g/mol. The smallest absolute Gasteiger partial charge is 0.239 e. The molecule has 0 aliphatic carbocycles. The van der Waals surface area contributed by atoms with Crippen LogP contribution in [0.3, 0.4) is 0 Å². The van der Waals surface area contributed by atoms with Gasteiger partial charge in [-0.1, -0.05) is 13.8 Å². The summed E-state index contributed by atoms with van der Waals surface area (Å²) in [6.07, 6.45) is 1.30. The molecule has 1 fully saturated rings. The highest BCUT2D eigenvalue weighted by molar-refractivity contribution is 5.85. The van der Waals surface area contributed by atoms with Crippen LogP contribution in [0, 0.1) is 11.8 Å². The molecule has 128 valence electrons. The van der Waals surface area contributed by atoms with E-state index in [-0.39, 0.29) is 43.4 Å². The van der Waals surface area contributed by atoms with Gasteiger partial charge in [0.1, 0.15) is 6.04 Å². The molecule has 0 radical (unpaired) electrons. The van der Waals surface area contributed by atoms with E-state index in [2.05, 4.69) is 24.1 Å². The van der Waals surface area contributed by atoms with E-state index in [1.54, 1.807) is 7.11 Å². The van der Waals surface area contributed by atoms with Gasteiger partial charge in [0.25, 0.3) is 0 Å². The summed E-state index contributed by atoms with van der Waals surface area (Å²) in [6.45, 7) is 10.0. The van der Waals surface area contributed by atoms with Gasteiger partial charge < -0.3 is 20.7 Å². The maximum atomic E-state index is 11.8. The van der Waals surface area contributed by atoms with Gasteiger partial charge >= 0.3 is 0 Å². The third-order valence-corrected chi connectivity index (χ3v) is 3.55. The van der Waals surface area contributed by atoms with Gasteiger partial charge in [0.15, 0.2) is 0 Å². The first kappa shape index (κ1) is 23.2. The molecular formula is C14H31Cl2N3O2. The lowest BCUT2D eigenvalue weighted by atomic mass is 9.92. The fraction of sp³-hybridized carbons (Fsp3) is 0.929. The summed E-state index contributed by atoms with van der Waals surface area (Å²) in [7, 11) is 1.55. The minimum Gasteiger partial charge on any atom is -0.383 e. The standard InChI is InChI=1S/C14H29N3O2.2ClH/c1-10-5-11(2)7-17(6-10)8-12(3)16-14(18)13(15)9-19-4;;/h10-13H,5-9,15H2,1-4H3,(H,16,18);2*1H. The number of hydrogen-bond acceptors (Lipinski definition) is 4. The number of hydrogen-bond donors (Lipinski definition) is 2. The molecule has 0 aromatic carbocycles. The van der Waals surface area contributed by atoms with E-state index >= 15 is 0 Å². The minimum absolute atomic E-state index is 0. The molecule has 1 heterocycles. The molecule has 1 aliphatic heterocycles. The molecule has 1 aliphatic rings. The Morgan fingerprint density at radius 3 is 2.33 bits per heavy atom. The highest BCUT2D eigenvalue weighted by Crippen LogP contribution is 2.20. The zero-order valence-corrected chi connectivity index (χ0v) is 15.1. The molecule has 3 N–H and O–H groups in total. The Morgan fingerprint density at radius 2 is 1.86 bits per heavy atom. The van der Waals surface area contributed by atoms with Crippen molar-refractivity contribution in [2.24, 2.45) is 17.6 Å². The lowest BCUT2D eigenvalue weighted by Crippen LogP contribution is -2.51. The molecule has 7 heteroatoms. The summed E-state index contributed by atoms with van der Waals surface area (Å²) >= 11 is 0. The minimum atomic E-state index is -0.577. The largest absolute Gasteiger partial charge is 0.383 e. The Kier molecular flexibility index (Phi) is 12.7. The second kappa shape index (κ2) is 11.5. The summed E-state index contributed by atoms with van der Waals surface area (Å²) < 4.78 is 4.89. The van der Waals surface area contributed by atoms with Crippen molar-refractivity contribution >= 4 is 30.7 Å². The Labute approximate surface area is 141 Å². The number of piperidine rings is 1. The number of carbonyl (C=O) groups excluding carboxylic acids is 1. The summed E-state index contributed by atoms with van der Waals surface area (Å²) in [6, 6.07) is -0.459. The fourth-order valence-corrected chi connectivity index (χ4v) is 2.98. The molecule has 4 unspecified atom stereocenters. The molecule has 0 aromatic heterocycles. The number of halogens is 2. The van der Waals surface area contributed by atoms with Crippen LogP contribution < -0.4 is 11.1 Å². The molecule has 1 saturated heterocycles. The topological polar surface area (TPSA) is 67.6 Å². The lowest BCUT2D eigenvalue weighted by Gasteiger charge is -2.36. The molecule has 0 aromatic rings. The van der Waals surface area contributed by atoms with Gasteiger partial charge in [-0.15, -0.1) is 24.8 Å². The molecule has 4 atom stereocenters. The maximum Gasteiger partial charge on any atom is 0.239 e. The zero-order valence-electron chi connectivity index (χ0n) is 13.5. The number of methoxy groups -OCH3 is 1. The Morgan fingerprint density at radius 1 is 1.33 bits per heavy atom. The third kappa shape index (κ3) is 8.83.